The minimum Gasteiger partial charge on any atom is -0.494 e. The van der Waals surface area contributed by atoms with E-state index < -0.39 is 17.6 Å². The number of carbonyl (C=O) groups is 2. The van der Waals surface area contributed by atoms with E-state index in [2.05, 4.69) is 0 Å². The maximum atomic E-state index is 13.4. The van der Waals surface area contributed by atoms with E-state index in [0.717, 1.165) is 4.90 Å². The number of halogens is 1. The maximum Gasteiger partial charge on any atom is 0.272 e. The first-order valence-electron chi connectivity index (χ1n) is 9.35. The molecule has 0 fully saturated rings. The highest BCUT2D eigenvalue weighted by molar-refractivity contribution is 8.03. The van der Waals surface area contributed by atoms with Crippen molar-refractivity contribution < 1.29 is 23.1 Å². The molecule has 1 aromatic heterocycles. The Morgan fingerprint density at radius 3 is 2.37 bits per heavy atom. The molecule has 152 valence electrons. The standard InChI is InChI=1S/C23H18FNO4S/c1-2-28-18-11-9-17(10-12-18)25-22(26)20(15-5-7-16(24)8-6-15)21(23(25)27)30-14-19-4-3-13-29-19/h3-13H,2,14H2,1H3. The first kappa shape index (κ1) is 20.0. The summed E-state index contributed by atoms with van der Waals surface area (Å²) in [5, 5.41) is 0. The molecule has 1 aliphatic heterocycles. The maximum absolute atomic E-state index is 13.4. The molecule has 2 amide bonds. The number of benzene rings is 2. The summed E-state index contributed by atoms with van der Waals surface area (Å²) in [7, 11) is 0. The Bertz CT molecular complexity index is 1090. The van der Waals surface area contributed by atoms with Crippen LogP contribution in [0.3, 0.4) is 0 Å². The van der Waals surface area contributed by atoms with Crippen LogP contribution in [0.1, 0.15) is 18.2 Å². The van der Waals surface area contributed by atoms with Gasteiger partial charge in [0.15, 0.2) is 0 Å². The Kier molecular flexibility index (Phi) is 5.72. The number of thioether (sulfide) groups is 1. The molecule has 2 heterocycles. The summed E-state index contributed by atoms with van der Waals surface area (Å²) in [5.41, 5.74) is 1.19. The van der Waals surface area contributed by atoms with E-state index >= 15 is 0 Å². The van der Waals surface area contributed by atoms with Crippen molar-refractivity contribution in [1.29, 1.82) is 0 Å². The lowest BCUT2D eigenvalue weighted by molar-refractivity contribution is -0.119. The Hall–Kier alpha value is -3.32. The van der Waals surface area contributed by atoms with Gasteiger partial charge in [0.25, 0.3) is 11.8 Å². The highest BCUT2D eigenvalue weighted by Crippen LogP contribution is 2.40. The lowest BCUT2D eigenvalue weighted by atomic mass is 10.1. The second-order valence-electron chi connectivity index (χ2n) is 6.45. The van der Waals surface area contributed by atoms with E-state index in [4.69, 9.17) is 9.15 Å². The number of nitrogens with zero attached hydrogens (tertiary/aromatic N) is 1. The summed E-state index contributed by atoms with van der Waals surface area (Å²) < 4.78 is 24.2. The molecule has 0 radical (unpaired) electrons. The van der Waals surface area contributed by atoms with Crippen LogP contribution in [0.4, 0.5) is 10.1 Å². The molecule has 0 atom stereocenters. The summed E-state index contributed by atoms with van der Waals surface area (Å²) in [6.07, 6.45) is 1.55. The van der Waals surface area contributed by atoms with Crippen molar-refractivity contribution in [3.05, 3.63) is 89.0 Å². The average molecular weight is 423 g/mol. The molecule has 0 aliphatic carbocycles. The molecule has 2 aromatic carbocycles. The van der Waals surface area contributed by atoms with Crippen molar-refractivity contribution >= 4 is 34.8 Å². The van der Waals surface area contributed by atoms with Gasteiger partial charge >= 0.3 is 0 Å². The molecule has 0 saturated heterocycles. The largest absolute Gasteiger partial charge is 0.494 e. The highest BCUT2D eigenvalue weighted by Gasteiger charge is 2.40. The third-order valence-electron chi connectivity index (χ3n) is 4.52. The molecule has 0 spiro atoms. The van der Waals surface area contributed by atoms with Crippen LogP contribution in [0.25, 0.3) is 5.57 Å². The second kappa shape index (κ2) is 8.59. The summed E-state index contributed by atoms with van der Waals surface area (Å²) in [5.74, 6) is 0.454. The molecule has 3 aromatic rings. The minimum atomic E-state index is -0.447. The number of hydrogen-bond donors (Lipinski definition) is 0. The fraction of sp³-hybridized carbons (Fsp3) is 0.130. The SMILES string of the molecule is CCOc1ccc(N2C(=O)C(SCc3ccco3)=C(c3ccc(F)cc3)C2=O)cc1. The molecule has 4 rings (SSSR count). The van der Waals surface area contributed by atoms with Crippen LogP contribution in [0.2, 0.25) is 0 Å². The molecule has 0 unspecified atom stereocenters. The number of imide groups is 1. The van der Waals surface area contributed by atoms with E-state index in [1.54, 1.807) is 42.7 Å². The van der Waals surface area contributed by atoms with Crippen LogP contribution < -0.4 is 9.64 Å². The van der Waals surface area contributed by atoms with Gasteiger partial charge < -0.3 is 9.15 Å². The lowest BCUT2D eigenvalue weighted by Crippen LogP contribution is -2.31. The minimum absolute atomic E-state index is 0.255. The zero-order chi connectivity index (χ0) is 21.1. The Morgan fingerprint density at radius 1 is 1.00 bits per heavy atom. The third kappa shape index (κ3) is 3.89. The predicted octanol–water partition coefficient (Wildman–Crippen LogP) is 5.04. The van der Waals surface area contributed by atoms with E-state index in [0.29, 0.717) is 40.0 Å². The van der Waals surface area contributed by atoms with E-state index in [1.807, 2.05) is 6.92 Å². The first-order chi connectivity index (χ1) is 14.6. The zero-order valence-corrected chi connectivity index (χ0v) is 16.9. The van der Waals surface area contributed by atoms with Crippen molar-refractivity contribution in [2.75, 3.05) is 11.5 Å². The van der Waals surface area contributed by atoms with Crippen molar-refractivity contribution in [2.24, 2.45) is 0 Å². The van der Waals surface area contributed by atoms with Crippen molar-refractivity contribution in [2.45, 2.75) is 12.7 Å². The van der Waals surface area contributed by atoms with Gasteiger partial charge in [0, 0.05) is 0 Å². The molecule has 1 aliphatic rings. The number of carbonyl (C=O) groups excluding carboxylic acids is 2. The van der Waals surface area contributed by atoms with Crippen LogP contribution in [0, 0.1) is 5.82 Å². The van der Waals surface area contributed by atoms with Crippen LogP contribution in [-0.4, -0.2) is 18.4 Å². The number of amides is 2. The number of rotatable bonds is 7. The quantitative estimate of drug-likeness (QED) is 0.499. The van der Waals surface area contributed by atoms with Gasteiger partial charge in [-0.25, -0.2) is 9.29 Å². The van der Waals surface area contributed by atoms with Crippen LogP contribution in [-0.2, 0) is 15.3 Å². The normalized spacial score (nSPS) is 14.0. The van der Waals surface area contributed by atoms with E-state index in [-0.39, 0.29) is 5.57 Å². The number of anilines is 1. The Balaban J connectivity index is 1.70. The Labute approximate surface area is 177 Å². The fourth-order valence-electron chi connectivity index (χ4n) is 3.15. The molecule has 5 nitrogen and oxygen atoms in total. The Morgan fingerprint density at radius 2 is 1.73 bits per heavy atom. The molecule has 0 N–H and O–H groups in total. The van der Waals surface area contributed by atoms with Gasteiger partial charge in [-0.15, -0.1) is 11.8 Å². The van der Waals surface area contributed by atoms with Crippen LogP contribution in [0.5, 0.6) is 5.75 Å². The monoisotopic (exact) mass is 423 g/mol. The molecule has 30 heavy (non-hydrogen) atoms. The second-order valence-corrected chi connectivity index (χ2v) is 7.44. The van der Waals surface area contributed by atoms with Crippen molar-refractivity contribution in [1.82, 2.24) is 0 Å². The van der Waals surface area contributed by atoms with Gasteiger partial charge in [-0.1, -0.05) is 12.1 Å². The molecular weight excluding hydrogens is 405 g/mol. The van der Waals surface area contributed by atoms with E-state index in [1.165, 1.54) is 36.0 Å². The van der Waals surface area contributed by atoms with E-state index in [9.17, 15) is 14.0 Å². The van der Waals surface area contributed by atoms with Crippen LogP contribution >= 0.6 is 11.8 Å². The van der Waals surface area contributed by atoms with Gasteiger partial charge in [0.2, 0.25) is 0 Å². The number of ether oxygens (including phenoxy) is 1. The zero-order valence-electron chi connectivity index (χ0n) is 16.1. The van der Waals surface area contributed by atoms with Gasteiger partial charge in [0.05, 0.1) is 34.8 Å². The van der Waals surface area contributed by atoms with Crippen LogP contribution in [0.15, 0.2) is 76.2 Å². The summed E-state index contributed by atoms with van der Waals surface area (Å²) in [6.45, 7) is 2.40. The molecule has 0 saturated carbocycles. The molecular formula is C23H18FNO4S. The summed E-state index contributed by atoms with van der Waals surface area (Å²) >= 11 is 1.23. The predicted molar refractivity (Wildman–Crippen MR) is 113 cm³/mol. The van der Waals surface area contributed by atoms with Gasteiger partial charge in [0.1, 0.15) is 17.3 Å². The fourth-order valence-corrected chi connectivity index (χ4v) is 4.16. The van der Waals surface area contributed by atoms with Crippen molar-refractivity contribution in [3.8, 4) is 5.75 Å². The number of hydrogen-bond acceptors (Lipinski definition) is 5. The highest BCUT2D eigenvalue weighted by atomic mass is 32.2. The van der Waals surface area contributed by atoms with Gasteiger partial charge in [-0.2, -0.15) is 0 Å². The summed E-state index contributed by atoms with van der Waals surface area (Å²) in [4.78, 5) is 27.9. The third-order valence-corrected chi connectivity index (χ3v) is 5.62. The van der Waals surface area contributed by atoms with Gasteiger partial charge in [-0.3, -0.25) is 9.59 Å². The van der Waals surface area contributed by atoms with Gasteiger partial charge in [-0.05, 0) is 61.0 Å². The first-order valence-corrected chi connectivity index (χ1v) is 10.3. The number of furan rings is 1. The summed E-state index contributed by atoms with van der Waals surface area (Å²) in [6, 6.07) is 15.9. The molecule has 0 bridgehead atoms. The van der Waals surface area contributed by atoms with Crippen molar-refractivity contribution in [3.63, 3.8) is 0 Å². The molecule has 7 heteroatoms. The topological polar surface area (TPSA) is 59.8 Å². The average Bonchev–Trinajstić information content (AvgIpc) is 3.35. The smallest absolute Gasteiger partial charge is 0.272 e. The lowest BCUT2D eigenvalue weighted by Gasteiger charge is -2.15.